The fourth-order valence-electron chi connectivity index (χ4n) is 0.776. The van der Waals surface area contributed by atoms with E-state index in [1.54, 1.807) is 11.9 Å². The molecule has 0 atom stereocenters. The Kier molecular flexibility index (Phi) is 2.81. The molecule has 0 aliphatic rings. The fourth-order valence-corrected chi connectivity index (χ4v) is 1.19. The first kappa shape index (κ1) is 8.45. The van der Waals surface area contributed by atoms with Crippen molar-refractivity contribution in [2.75, 3.05) is 0 Å². The van der Waals surface area contributed by atoms with Crippen LogP contribution in [0.15, 0.2) is 23.2 Å². The van der Waals surface area contributed by atoms with Crippen molar-refractivity contribution in [2.24, 2.45) is 4.99 Å². The highest BCUT2D eigenvalue weighted by molar-refractivity contribution is 7.19. The zero-order chi connectivity index (χ0) is 8.27. The van der Waals surface area contributed by atoms with Crippen LogP contribution in [0.3, 0.4) is 0 Å². The van der Waals surface area contributed by atoms with Gasteiger partial charge in [-0.05, 0) is 24.6 Å². The Morgan fingerprint density at radius 1 is 1.55 bits per heavy atom. The summed E-state index contributed by atoms with van der Waals surface area (Å²) in [6, 6.07) is 5.45. The fraction of sp³-hybridized carbons (Fsp3) is 0. The van der Waals surface area contributed by atoms with Crippen LogP contribution in [0, 0.1) is 0 Å². The van der Waals surface area contributed by atoms with Crippen molar-refractivity contribution < 1.29 is 0 Å². The highest BCUT2D eigenvalue weighted by Gasteiger charge is 1.96. The molecule has 0 spiro atoms. The summed E-state index contributed by atoms with van der Waals surface area (Å²) in [4.78, 5) is 3.81. The van der Waals surface area contributed by atoms with Crippen molar-refractivity contribution in [3.63, 3.8) is 0 Å². The maximum atomic E-state index is 5.74. The number of hydrogen-bond acceptors (Lipinski definition) is 1. The van der Waals surface area contributed by atoms with Crippen LogP contribution in [0.2, 0.25) is 5.02 Å². The summed E-state index contributed by atoms with van der Waals surface area (Å²) in [6.07, 6.45) is 0. The van der Waals surface area contributed by atoms with Crippen LogP contribution in [0.1, 0.15) is 5.56 Å². The Bertz CT molecular complexity index is 296. The lowest BCUT2D eigenvalue weighted by atomic mass is 10.2. The van der Waals surface area contributed by atoms with Crippen LogP contribution < -0.4 is 0 Å². The van der Waals surface area contributed by atoms with Crippen molar-refractivity contribution in [3.05, 3.63) is 28.8 Å². The maximum Gasteiger partial charge on any atom is 0.0712 e. The Labute approximate surface area is 72.9 Å². The summed E-state index contributed by atoms with van der Waals surface area (Å²) in [5.74, 6) is 1.78. The second-order valence-corrected chi connectivity index (χ2v) is 2.73. The second-order valence-electron chi connectivity index (χ2n) is 2.01. The molecule has 0 N–H and O–H groups in total. The van der Waals surface area contributed by atoms with Gasteiger partial charge in [0, 0.05) is 10.6 Å². The van der Waals surface area contributed by atoms with Crippen LogP contribution in [0.5, 0.6) is 0 Å². The van der Waals surface area contributed by atoms with E-state index in [-0.39, 0.29) is 0 Å². The average Bonchev–Trinajstić information content (AvgIpc) is 2.04. The lowest BCUT2D eigenvalue weighted by Gasteiger charge is -1.98. The topological polar surface area (TPSA) is 12.4 Å². The molecule has 0 radical (unpaired) electrons. The van der Waals surface area contributed by atoms with Gasteiger partial charge < -0.3 is 0 Å². The van der Waals surface area contributed by atoms with Crippen molar-refractivity contribution in [1.29, 1.82) is 0 Å². The van der Waals surface area contributed by atoms with Gasteiger partial charge in [0.25, 0.3) is 0 Å². The molecule has 0 saturated heterocycles. The third-order valence-corrected chi connectivity index (χ3v) is 1.86. The predicted octanol–water partition coefficient (Wildman–Crippen LogP) is 2.97. The number of rotatable bonds is 2. The Morgan fingerprint density at radius 3 is 2.82 bits per heavy atom. The van der Waals surface area contributed by atoms with Crippen molar-refractivity contribution in [3.8, 4) is 0 Å². The molecule has 0 saturated carbocycles. The van der Waals surface area contributed by atoms with Crippen LogP contribution in [0.25, 0.3) is 0 Å². The zero-order valence-corrected chi connectivity index (χ0v) is 7.60. The van der Waals surface area contributed by atoms with Crippen molar-refractivity contribution in [1.82, 2.24) is 0 Å². The van der Waals surface area contributed by atoms with Gasteiger partial charge in [0.2, 0.25) is 0 Å². The van der Waals surface area contributed by atoms with E-state index < -0.39 is 0 Å². The van der Waals surface area contributed by atoms with E-state index in [2.05, 4.69) is 20.6 Å². The molecule has 0 aliphatic heterocycles. The van der Waals surface area contributed by atoms with Gasteiger partial charge in [0.15, 0.2) is 0 Å². The van der Waals surface area contributed by atoms with Gasteiger partial charge in [0.1, 0.15) is 0 Å². The van der Waals surface area contributed by atoms with E-state index in [0.717, 1.165) is 11.3 Å². The van der Waals surface area contributed by atoms with Crippen LogP contribution in [-0.2, 0) is 0 Å². The molecule has 0 aliphatic carbocycles. The van der Waals surface area contributed by atoms with E-state index in [0.29, 0.717) is 5.02 Å². The standard InChI is InChI=1S/C8H7ClNP/c1-10-8-4-7(9)3-2-6(8)5-11/h2-5,11H,1H2. The molecule has 0 heterocycles. The summed E-state index contributed by atoms with van der Waals surface area (Å²) < 4.78 is 0. The van der Waals surface area contributed by atoms with Gasteiger partial charge in [-0.2, -0.15) is 0 Å². The molecule has 0 bridgehead atoms. The van der Waals surface area contributed by atoms with Crippen molar-refractivity contribution >= 4 is 38.7 Å². The maximum absolute atomic E-state index is 5.74. The Balaban J connectivity index is 3.26. The first-order chi connectivity index (χ1) is 5.27. The molecule has 11 heavy (non-hydrogen) atoms. The van der Waals surface area contributed by atoms with Gasteiger partial charge in [-0.25, -0.2) is 0 Å². The minimum Gasteiger partial charge on any atom is -0.264 e. The SMILES string of the molecule is C=Nc1cc(Cl)ccc1C=P. The molecule has 0 unspecified atom stereocenters. The van der Waals surface area contributed by atoms with E-state index in [4.69, 9.17) is 11.6 Å². The molecule has 0 aromatic heterocycles. The first-order valence-corrected chi connectivity index (χ1v) is 4.00. The Morgan fingerprint density at radius 2 is 2.27 bits per heavy atom. The molecule has 3 heteroatoms. The molecular formula is C8H7ClNP. The number of hydrogen-bond donors (Lipinski definition) is 0. The molecule has 1 aromatic rings. The summed E-state index contributed by atoms with van der Waals surface area (Å²) in [5.41, 5.74) is 1.76. The monoisotopic (exact) mass is 183 g/mol. The smallest absolute Gasteiger partial charge is 0.0712 e. The Hall–Kier alpha value is -0.650. The summed E-state index contributed by atoms with van der Waals surface area (Å²) in [5, 5.41) is 0.671. The number of halogens is 1. The van der Waals surface area contributed by atoms with Gasteiger partial charge in [-0.15, -0.1) is 8.86 Å². The molecular weight excluding hydrogens is 177 g/mol. The zero-order valence-electron chi connectivity index (χ0n) is 5.84. The average molecular weight is 184 g/mol. The van der Waals surface area contributed by atoms with Crippen LogP contribution >= 0.6 is 20.5 Å². The molecule has 1 nitrogen and oxygen atoms in total. The first-order valence-electron chi connectivity index (χ1n) is 3.04. The van der Waals surface area contributed by atoms with Gasteiger partial charge >= 0.3 is 0 Å². The molecule has 1 rings (SSSR count). The van der Waals surface area contributed by atoms with Gasteiger partial charge in [-0.1, -0.05) is 17.7 Å². The third-order valence-electron chi connectivity index (χ3n) is 1.32. The lowest BCUT2D eigenvalue weighted by Crippen LogP contribution is -1.78. The van der Waals surface area contributed by atoms with Gasteiger partial charge in [0.05, 0.1) is 5.69 Å². The lowest BCUT2D eigenvalue weighted by molar-refractivity contribution is 1.54. The van der Waals surface area contributed by atoms with E-state index in [1.807, 2.05) is 12.1 Å². The predicted molar refractivity (Wildman–Crippen MR) is 54.1 cm³/mol. The molecule has 56 valence electrons. The van der Waals surface area contributed by atoms with Crippen molar-refractivity contribution in [2.45, 2.75) is 0 Å². The summed E-state index contributed by atoms with van der Waals surface area (Å²) in [6.45, 7) is 3.43. The number of aliphatic imine (C=N–C) groups is 1. The van der Waals surface area contributed by atoms with E-state index in [1.165, 1.54) is 0 Å². The molecule has 0 amide bonds. The molecule has 0 fully saturated rings. The number of benzene rings is 1. The third kappa shape index (κ3) is 1.89. The summed E-state index contributed by atoms with van der Waals surface area (Å²) >= 11 is 5.74. The normalized spacial score (nSPS) is 9.18. The highest BCUT2D eigenvalue weighted by atomic mass is 35.5. The van der Waals surface area contributed by atoms with E-state index >= 15 is 0 Å². The molecule has 1 aromatic carbocycles. The van der Waals surface area contributed by atoms with Crippen LogP contribution in [0.4, 0.5) is 5.69 Å². The summed E-state index contributed by atoms with van der Waals surface area (Å²) in [7, 11) is 3.26. The van der Waals surface area contributed by atoms with Crippen LogP contribution in [-0.4, -0.2) is 12.5 Å². The largest absolute Gasteiger partial charge is 0.264 e. The second kappa shape index (κ2) is 3.66. The highest BCUT2D eigenvalue weighted by Crippen LogP contribution is 2.21. The number of nitrogens with zero attached hydrogens (tertiary/aromatic N) is 1. The quantitative estimate of drug-likeness (QED) is 0.494. The minimum absolute atomic E-state index is 0.671. The minimum atomic E-state index is 0.671. The van der Waals surface area contributed by atoms with E-state index in [9.17, 15) is 0 Å². The van der Waals surface area contributed by atoms with Gasteiger partial charge in [-0.3, -0.25) is 4.99 Å².